The number of guanidine groups is 1. The molecule has 1 unspecified atom stereocenters. The van der Waals surface area contributed by atoms with E-state index in [0.29, 0.717) is 30.3 Å². The first-order valence-corrected chi connectivity index (χ1v) is 10.1. The molecule has 8 nitrogen and oxygen atoms in total. The molecule has 0 aliphatic heterocycles. The Morgan fingerprint density at radius 1 is 1.36 bits per heavy atom. The number of ether oxygens (including phenoxy) is 2. The van der Waals surface area contributed by atoms with Crippen LogP contribution in [-0.2, 0) is 9.47 Å². The fourth-order valence-corrected chi connectivity index (χ4v) is 3.23. The van der Waals surface area contributed by atoms with E-state index in [1.807, 2.05) is 27.8 Å². The van der Waals surface area contributed by atoms with E-state index in [2.05, 4.69) is 25.5 Å². The standard InChI is InChI=1S/C18H33N5O3S.HI/c1-7-19-18(20-9-10-23(5)11-12-25-6)22-14(4)16-21-13(3)15(27-16)17(24)26-8-2;/h14H,7-12H2,1-6H3,(H2,19,20,22);1H. The van der Waals surface area contributed by atoms with Gasteiger partial charge in [0.2, 0.25) is 0 Å². The van der Waals surface area contributed by atoms with Crippen molar-refractivity contribution in [2.45, 2.75) is 33.7 Å². The van der Waals surface area contributed by atoms with Crippen LogP contribution in [0.1, 0.15) is 47.2 Å². The summed E-state index contributed by atoms with van der Waals surface area (Å²) in [5.41, 5.74) is 0.698. The monoisotopic (exact) mass is 527 g/mol. The Labute approximate surface area is 189 Å². The second-order valence-electron chi connectivity index (χ2n) is 6.11. The summed E-state index contributed by atoms with van der Waals surface area (Å²) in [4.78, 5) is 23.9. The number of hydrogen-bond acceptors (Lipinski definition) is 7. The second kappa shape index (κ2) is 14.9. The normalized spacial score (nSPS) is 12.5. The molecule has 28 heavy (non-hydrogen) atoms. The van der Waals surface area contributed by atoms with Crippen molar-refractivity contribution in [3.63, 3.8) is 0 Å². The predicted octanol–water partition coefficient (Wildman–Crippen LogP) is 2.44. The van der Waals surface area contributed by atoms with Gasteiger partial charge in [0.1, 0.15) is 9.88 Å². The molecule has 1 aromatic rings. The molecule has 0 aromatic carbocycles. The zero-order valence-electron chi connectivity index (χ0n) is 17.7. The van der Waals surface area contributed by atoms with Crippen LogP contribution in [0.3, 0.4) is 0 Å². The Bertz CT molecular complexity index is 612. The van der Waals surface area contributed by atoms with E-state index in [0.717, 1.165) is 30.6 Å². The number of carbonyl (C=O) groups excluding carboxylic acids is 1. The van der Waals surface area contributed by atoms with Crippen LogP contribution in [0.15, 0.2) is 4.99 Å². The van der Waals surface area contributed by atoms with E-state index >= 15 is 0 Å². The van der Waals surface area contributed by atoms with Gasteiger partial charge in [-0.15, -0.1) is 35.3 Å². The SMILES string of the molecule is CCNC(=NCCN(C)CCOC)NC(C)c1nc(C)c(C(=O)OCC)s1.I. The van der Waals surface area contributed by atoms with Crippen molar-refractivity contribution in [2.75, 3.05) is 53.6 Å². The molecule has 0 saturated heterocycles. The summed E-state index contributed by atoms with van der Waals surface area (Å²) in [6.45, 7) is 11.9. The molecule has 1 heterocycles. The Hall–Kier alpha value is -0.980. The quantitative estimate of drug-likeness (QED) is 0.198. The minimum absolute atomic E-state index is 0. The number of methoxy groups -OCH3 is 1. The molecule has 0 amide bonds. The van der Waals surface area contributed by atoms with Crippen LogP contribution in [0.2, 0.25) is 0 Å². The molecule has 10 heteroatoms. The zero-order valence-corrected chi connectivity index (χ0v) is 20.8. The second-order valence-corrected chi connectivity index (χ2v) is 7.14. The van der Waals surface area contributed by atoms with Crippen LogP contribution in [0.4, 0.5) is 0 Å². The summed E-state index contributed by atoms with van der Waals surface area (Å²) >= 11 is 1.36. The third-order valence-electron chi connectivity index (χ3n) is 3.77. The summed E-state index contributed by atoms with van der Waals surface area (Å²) in [5, 5.41) is 7.43. The summed E-state index contributed by atoms with van der Waals surface area (Å²) in [5.74, 6) is 0.418. The van der Waals surface area contributed by atoms with E-state index in [1.165, 1.54) is 11.3 Å². The maximum atomic E-state index is 12.0. The first-order chi connectivity index (χ1) is 12.9. The number of nitrogens with zero attached hydrogens (tertiary/aromatic N) is 3. The van der Waals surface area contributed by atoms with Gasteiger partial charge in [0.25, 0.3) is 0 Å². The van der Waals surface area contributed by atoms with Gasteiger partial charge in [0.05, 0.1) is 31.5 Å². The summed E-state index contributed by atoms with van der Waals surface area (Å²) in [6.07, 6.45) is 0. The highest BCUT2D eigenvalue weighted by Gasteiger charge is 2.20. The third-order valence-corrected chi connectivity index (χ3v) is 5.09. The summed E-state index contributed by atoms with van der Waals surface area (Å²) in [7, 11) is 3.75. The lowest BCUT2D eigenvalue weighted by molar-refractivity contribution is 0.0531. The molecule has 1 atom stereocenters. The maximum Gasteiger partial charge on any atom is 0.350 e. The minimum atomic E-state index is -0.314. The van der Waals surface area contributed by atoms with E-state index in [1.54, 1.807) is 14.0 Å². The van der Waals surface area contributed by atoms with Crippen LogP contribution in [-0.4, -0.2) is 75.4 Å². The molecule has 0 fully saturated rings. The van der Waals surface area contributed by atoms with Crippen LogP contribution in [0.5, 0.6) is 0 Å². The Kier molecular flexibility index (Phi) is 14.4. The first kappa shape index (κ1) is 27.0. The van der Waals surface area contributed by atoms with E-state index < -0.39 is 0 Å². The Balaban J connectivity index is 0.00000729. The average Bonchev–Trinajstić information content (AvgIpc) is 3.02. The highest BCUT2D eigenvalue weighted by Crippen LogP contribution is 2.24. The van der Waals surface area contributed by atoms with E-state index in [9.17, 15) is 4.79 Å². The largest absolute Gasteiger partial charge is 0.462 e. The number of esters is 1. The van der Waals surface area contributed by atoms with Crippen LogP contribution < -0.4 is 10.6 Å². The fraction of sp³-hybridized carbons (Fsp3) is 0.722. The van der Waals surface area contributed by atoms with Crippen molar-refractivity contribution in [3.8, 4) is 0 Å². The summed E-state index contributed by atoms with van der Waals surface area (Å²) in [6, 6.07) is -0.0686. The van der Waals surface area contributed by atoms with Gasteiger partial charge in [-0.3, -0.25) is 4.99 Å². The van der Waals surface area contributed by atoms with Gasteiger partial charge < -0.3 is 25.0 Å². The van der Waals surface area contributed by atoms with Crippen molar-refractivity contribution >= 4 is 47.2 Å². The Morgan fingerprint density at radius 3 is 2.68 bits per heavy atom. The molecule has 1 aromatic heterocycles. The topological polar surface area (TPSA) is 88.1 Å². The smallest absolute Gasteiger partial charge is 0.350 e. The van der Waals surface area contributed by atoms with Crippen LogP contribution in [0.25, 0.3) is 0 Å². The van der Waals surface area contributed by atoms with Crippen molar-refractivity contribution in [1.29, 1.82) is 0 Å². The number of aryl methyl sites for hydroxylation is 1. The lowest BCUT2D eigenvalue weighted by atomic mass is 10.3. The molecule has 0 aliphatic rings. The third kappa shape index (κ3) is 9.48. The van der Waals surface area contributed by atoms with Gasteiger partial charge in [-0.05, 0) is 34.7 Å². The van der Waals surface area contributed by atoms with Gasteiger partial charge in [-0.2, -0.15) is 0 Å². The number of aliphatic imine (C=N–C) groups is 1. The molecule has 0 radical (unpaired) electrons. The first-order valence-electron chi connectivity index (χ1n) is 9.29. The highest BCUT2D eigenvalue weighted by atomic mass is 127. The molecule has 1 rings (SSSR count). The van der Waals surface area contributed by atoms with Crippen molar-refractivity contribution in [2.24, 2.45) is 4.99 Å². The fourth-order valence-electron chi connectivity index (χ4n) is 2.27. The lowest BCUT2D eigenvalue weighted by Crippen LogP contribution is -2.39. The van der Waals surface area contributed by atoms with Gasteiger partial charge in [-0.1, -0.05) is 0 Å². The number of rotatable bonds is 11. The average molecular weight is 527 g/mol. The van der Waals surface area contributed by atoms with Crippen molar-refractivity contribution < 1.29 is 14.3 Å². The zero-order chi connectivity index (χ0) is 20.2. The van der Waals surface area contributed by atoms with E-state index in [4.69, 9.17) is 9.47 Å². The number of aromatic nitrogens is 1. The molecule has 0 aliphatic carbocycles. The number of halogens is 1. The Morgan fingerprint density at radius 2 is 2.07 bits per heavy atom. The molecule has 2 N–H and O–H groups in total. The molecule has 0 spiro atoms. The van der Waals surface area contributed by atoms with Gasteiger partial charge in [-0.25, -0.2) is 9.78 Å². The molecular formula is C18H34IN5O3S. The highest BCUT2D eigenvalue weighted by molar-refractivity contribution is 14.0. The van der Waals surface area contributed by atoms with Crippen molar-refractivity contribution in [1.82, 2.24) is 20.5 Å². The maximum absolute atomic E-state index is 12.0. The lowest BCUT2D eigenvalue weighted by Gasteiger charge is -2.17. The minimum Gasteiger partial charge on any atom is -0.462 e. The van der Waals surface area contributed by atoms with Crippen LogP contribution in [0, 0.1) is 6.92 Å². The number of thiazole rings is 1. The number of hydrogen-bond donors (Lipinski definition) is 2. The molecule has 0 bridgehead atoms. The summed E-state index contributed by atoms with van der Waals surface area (Å²) < 4.78 is 10.2. The van der Waals surface area contributed by atoms with Gasteiger partial charge in [0, 0.05) is 26.7 Å². The predicted molar refractivity (Wildman–Crippen MR) is 125 cm³/mol. The number of carbonyl (C=O) groups is 1. The molecule has 162 valence electrons. The molecule has 0 saturated carbocycles. The van der Waals surface area contributed by atoms with Crippen molar-refractivity contribution in [3.05, 3.63) is 15.6 Å². The van der Waals surface area contributed by atoms with Gasteiger partial charge >= 0.3 is 5.97 Å². The van der Waals surface area contributed by atoms with Gasteiger partial charge in [0.15, 0.2) is 5.96 Å². The molecular weight excluding hydrogens is 493 g/mol. The number of nitrogens with one attached hydrogen (secondary N) is 2. The number of likely N-dealkylation sites (N-methyl/N-ethyl adjacent to an activating group) is 1. The van der Waals surface area contributed by atoms with Crippen LogP contribution >= 0.6 is 35.3 Å². The van der Waals surface area contributed by atoms with E-state index in [-0.39, 0.29) is 36.0 Å².